The third kappa shape index (κ3) is 6.07. The number of imide groups is 1. The van der Waals surface area contributed by atoms with Gasteiger partial charge in [0.05, 0.1) is 30.9 Å². The number of rotatable bonds is 10. The van der Waals surface area contributed by atoms with E-state index in [4.69, 9.17) is 14.2 Å². The summed E-state index contributed by atoms with van der Waals surface area (Å²) in [6.07, 6.45) is 2.47. The lowest BCUT2D eigenvalue weighted by Crippen LogP contribution is -2.36. The van der Waals surface area contributed by atoms with Gasteiger partial charge in [-0.2, -0.15) is 0 Å². The molecule has 1 heterocycles. The van der Waals surface area contributed by atoms with E-state index < -0.39 is 23.6 Å². The van der Waals surface area contributed by atoms with E-state index in [0.29, 0.717) is 41.7 Å². The van der Waals surface area contributed by atoms with Crippen LogP contribution in [-0.2, 0) is 9.59 Å². The molecule has 8 nitrogen and oxygen atoms in total. The van der Waals surface area contributed by atoms with Gasteiger partial charge in [-0.1, -0.05) is 25.1 Å². The molecular weight excluding hydrogens is 444 g/mol. The van der Waals surface area contributed by atoms with Crippen molar-refractivity contribution in [2.45, 2.75) is 20.3 Å². The average molecular weight is 471 g/mol. The molecule has 0 aromatic heterocycles. The van der Waals surface area contributed by atoms with Crippen molar-refractivity contribution in [1.29, 1.82) is 0 Å². The SMILES string of the molecule is CCCOc1ccc(/C=C2\SC(=O)N(CC(=O)Nc3ccccc3OC)C2=O)cc1OCC. The van der Waals surface area contributed by atoms with Crippen molar-refractivity contribution in [3.8, 4) is 17.2 Å². The van der Waals surface area contributed by atoms with Gasteiger partial charge in [0.15, 0.2) is 11.5 Å². The largest absolute Gasteiger partial charge is 0.495 e. The molecule has 1 fully saturated rings. The molecule has 2 aromatic carbocycles. The lowest BCUT2D eigenvalue weighted by atomic mass is 10.2. The Kier molecular flexibility index (Phi) is 8.37. The summed E-state index contributed by atoms with van der Waals surface area (Å²) >= 11 is 0.792. The lowest BCUT2D eigenvalue weighted by Gasteiger charge is -2.14. The quantitative estimate of drug-likeness (QED) is 0.509. The number of nitrogens with one attached hydrogen (secondary N) is 1. The van der Waals surface area contributed by atoms with Crippen molar-refractivity contribution >= 4 is 40.6 Å². The number of ether oxygens (including phenoxy) is 3. The van der Waals surface area contributed by atoms with Crippen molar-refractivity contribution in [3.05, 3.63) is 52.9 Å². The van der Waals surface area contributed by atoms with Crippen LogP contribution in [-0.4, -0.2) is 48.8 Å². The molecule has 0 saturated carbocycles. The van der Waals surface area contributed by atoms with Gasteiger partial charge in [0.25, 0.3) is 11.1 Å². The lowest BCUT2D eigenvalue weighted by molar-refractivity contribution is -0.127. The Morgan fingerprint density at radius 1 is 1.06 bits per heavy atom. The van der Waals surface area contributed by atoms with Crippen LogP contribution in [0.25, 0.3) is 6.08 Å². The molecule has 1 aliphatic rings. The van der Waals surface area contributed by atoms with E-state index in [1.165, 1.54) is 7.11 Å². The van der Waals surface area contributed by atoms with Crippen molar-refractivity contribution < 1.29 is 28.6 Å². The van der Waals surface area contributed by atoms with E-state index in [2.05, 4.69) is 5.32 Å². The zero-order valence-electron chi connectivity index (χ0n) is 18.8. The summed E-state index contributed by atoms with van der Waals surface area (Å²) in [6, 6.07) is 12.2. The fourth-order valence-electron chi connectivity index (χ4n) is 3.08. The summed E-state index contributed by atoms with van der Waals surface area (Å²) in [7, 11) is 1.49. The number of hydrogen-bond acceptors (Lipinski definition) is 7. The maximum atomic E-state index is 12.8. The first kappa shape index (κ1) is 24.2. The monoisotopic (exact) mass is 470 g/mol. The summed E-state index contributed by atoms with van der Waals surface area (Å²) in [5.41, 5.74) is 1.15. The maximum absolute atomic E-state index is 12.8. The van der Waals surface area contributed by atoms with E-state index in [1.54, 1.807) is 48.5 Å². The second kappa shape index (κ2) is 11.4. The minimum atomic E-state index is -0.524. The smallest absolute Gasteiger partial charge is 0.294 e. The first-order valence-electron chi connectivity index (χ1n) is 10.5. The van der Waals surface area contributed by atoms with Gasteiger partial charge in [-0.15, -0.1) is 0 Å². The molecule has 0 radical (unpaired) electrons. The minimum absolute atomic E-state index is 0.231. The molecule has 1 aliphatic heterocycles. The number of carbonyl (C=O) groups excluding carboxylic acids is 3. The first-order valence-corrected chi connectivity index (χ1v) is 11.4. The molecule has 0 unspecified atom stereocenters. The molecule has 0 spiro atoms. The Morgan fingerprint density at radius 3 is 2.58 bits per heavy atom. The number of hydrogen-bond donors (Lipinski definition) is 1. The Bertz CT molecular complexity index is 1070. The van der Waals surface area contributed by atoms with Crippen molar-refractivity contribution in [3.63, 3.8) is 0 Å². The van der Waals surface area contributed by atoms with Crippen LogP contribution in [0, 0.1) is 0 Å². The van der Waals surface area contributed by atoms with Gasteiger partial charge >= 0.3 is 0 Å². The van der Waals surface area contributed by atoms with Gasteiger partial charge in [-0.3, -0.25) is 19.3 Å². The van der Waals surface area contributed by atoms with Gasteiger partial charge in [0.1, 0.15) is 12.3 Å². The zero-order chi connectivity index (χ0) is 23.8. The molecule has 1 N–H and O–H groups in total. The summed E-state index contributed by atoms with van der Waals surface area (Å²) in [6.45, 7) is 4.52. The summed E-state index contributed by atoms with van der Waals surface area (Å²) in [4.78, 5) is 38.8. The predicted molar refractivity (Wildman–Crippen MR) is 128 cm³/mol. The molecular formula is C24H26N2O6S. The second-order valence-corrected chi connectivity index (χ2v) is 8.00. The van der Waals surface area contributed by atoms with Crippen molar-refractivity contribution in [2.24, 2.45) is 0 Å². The molecule has 1 saturated heterocycles. The van der Waals surface area contributed by atoms with Crippen LogP contribution < -0.4 is 19.5 Å². The number of benzene rings is 2. The van der Waals surface area contributed by atoms with Crippen LogP contribution in [0.2, 0.25) is 0 Å². The molecule has 3 rings (SSSR count). The van der Waals surface area contributed by atoms with E-state index in [1.807, 2.05) is 13.8 Å². The van der Waals surface area contributed by atoms with Gasteiger partial charge < -0.3 is 19.5 Å². The average Bonchev–Trinajstić information content (AvgIpc) is 3.06. The van der Waals surface area contributed by atoms with E-state index in [0.717, 1.165) is 23.1 Å². The van der Waals surface area contributed by atoms with Gasteiger partial charge in [-0.05, 0) is 61.0 Å². The third-order valence-corrected chi connectivity index (χ3v) is 5.49. The topological polar surface area (TPSA) is 94.2 Å². The van der Waals surface area contributed by atoms with Crippen LogP contribution >= 0.6 is 11.8 Å². The highest BCUT2D eigenvalue weighted by Crippen LogP contribution is 2.35. The summed E-state index contributed by atoms with van der Waals surface area (Å²) < 4.78 is 16.5. The molecule has 0 atom stereocenters. The fraction of sp³-hybridized carbons (Fsp3) is 0.292. The predicted octanol–water partition coefficient (Wildman–Crippen LogP) is 4.56. The van der Waals surface area contributed by atoms with Crippen LogP contribution in [0.4, 0.5) is 10.5 Å². The molecule has 174 valence electrons. The maximum Gasteiger partial charge on any atom is 0.294 e. The Labute approximate surface area is 196 Å². The van der Waals surface area contributed by atoms with E-state index >= 15 is 0 Å². The minimum Gasteiger partial charge on any atom is -0.495 e. The summed E-state index contributed by atoms with van der Waals surface area (Å²) in [5, 5.41) is 2.16. The van der Waals surface area contributed by atoms with E-state index in [9.17, 15) is 14.4 Å². The number of nitrogens with zero attached hydrogens (tertiary/aromatic N) is 1. The van der Waals surface area contributed by atoms with Gasteiger partial charge in [-0.25, -0.2) is 0 Å². The Morgan fingerprint density at radius 2 is 1.85 bits per heavy atom. The molecule has 9 heteroatoms. The van der Waals surface area contributed by atoms with Gasteiger partial charge in [0, 0.05) is 0 Å². The normalized spacial score (nSPS) is 14.5. The molecule has 0 aliphatic carbocycles. The first-order chi connectivity index (χ1) is 16.0. The highest BCUT2D eigenvalue weighted by molar-refractivity contribution is 8.18. The number of methoxy groups -OCH3 is 1. The van der Waals surface area contributed by atoms with Crippen LogP contribution in [0.15, 0.2) is 47.4 Å². The van der Waals surface area contributed by atoms with E-state index in [-0.39, 0.29) is 4.91 Å². The molecule has 0 bridgehead atoms. The van der Waals surface area contributed by atoms with Gasteiger partial charge in [0.2, 0.25) is 5.91 Å². The molecule has 33 heavy (non-hydrogen) atoms. The Hall–Kier alpha value is -3.46. The number of carbonyl (C=O) groups is 3. The highest BCUT2D eigenvalue weighted by atomic mass is 32.2. The number of amides is 3. The van der Waals surface area contributed by atoms with Crippen molar-refractivity contribution in [2.75, 3.05) is 32.2 Å². The molecule has 2 aromatic rings. The number of anilines is 1. The summed E-state index contributed by atoms with van der Waals surface area (Å²) in [5.74, 6) is 0.645. The number of thioether (sulfide) groups is 1. The fourth-order valence-corrected chi connectivity index (χ4v) is 3.92. The van der Waals surface area contributed by atoms with Crippen LogP contribution in [0.5, 0.6) is 17.2 Å². The molecule has 3 amide bonds. The third-order valence-electron chi connectivity index (χ3n) is 4.58. The second-order valence-electron chi connectivity index (χ2n) is 7.00. The highest BCUT2D eigenvalue weighted by Gasteiger charge is 2.36. The Balaban J connectivity index is 1.72. The van der Waals surface area contributed by atoms with Crippen LogP contribution in [0.3, 0.4) is 0 Å². The standard InChI is InChI=1S/C24H26N2O6S/c1-4-12-32-19-11-10-16(13-20(19)31-5-2)14-21-23(28)26(24(29)33-21)15-22(27)25-17-8-6-7-9-18(17)30-3/h6-11,13-14H,4-5,12,15H2,1-3H3,(H,25,27)/b21-14-. The van der Waals surface area contributed by atoms with Crippen LogP contribution in [0.1, 0.15) is 25.8 Å². The van der Waals surface area contributed by atoms with Crippen molar-refractivity contribution in [1.82, 2.24) is 4.90 Å². The number of para-hydroxylation sites is 2. The zero-order valence-corrected chi connectivity index (χ0v) is 19.6.